The first-order valence-electron chi connectivity index (χ1n) is 9.77. The number of halogens is 4. The number of nitrogens with one attached hydrogen (secondary N) is 1. The highest BCUT2D eigenvalue weighted by molar-refractivity contribution is 5.95. The average molecular weight is 476 g/mol. The van der Waals surface area contributed by atoms with Crippen molar-refractivity contribution in [2.75, 3.05) is 6.54 Å². The summed E-state index contributed by atoms with van der Waals surface area (Å²) in [7, 11) is 0. The van der Waals surface area contributed by atoms with Crippen LogP contribution in [0.4, 0.5) is 17.6 Å². The van der Waals surface area contributed by atoms with Crippen LogP contribution in [0.1, 0.15) is 28.9 Å². The van der Waals surface area contributed by atoms with Gasteiger partial charge in [-0.05, 0) is 43.3 Å². The third kappa shape index (κ3) is 4.96. The van der Waals surface area contributed by atoms with Crippen LogP contribution >= 0.6 is 0 Å². The average Bonchev–Trinajstić information content (AvgIpc) is 3.49. The number of nitrogens with zero attached hydrogens (tertiary/aromatic N) is 3. The lowest BCUT2D eigenvalue weighted by atomic mass is 10.0. The molecule has 1 unspecified atom stereocenters. The summed E-state index contributed by atoms with van der Waals surface area (Å²) in [5.74, 6) is -2.70. The molecule has 0 aliphatic heterocycles. The van der Waals surface area contributed by atoms with Crippen LogP contribution in [0, 0.1) is 5.82 Å². The first kappa shape index (κ1) is 23.1. The van der Waals surface area contributed by atoms with Crippen LogP contribution in [-0.4, -0.2) is 32.7 Å². The number of hydrogen-bond donors (Lipinski definition) is 2. The number of aromatic nitrogens is 3. The molecule has 0 aliphatic rings. The molecule has 0 saturated heterocycles. The van der Waals surface area contributed by atoms with E-state index in [2.05, 4.69) is 25.0 Å². The molecule has 2 N–H and O–H groups in total. The predicted molar refractivity (Wildman–Crippen MR) is 109 cm³/mol. The Bertz CT molecular complexity index is 1310. The number of carbonyl (C=O) groups is 1. The van der Waals surface area contributed by atoms with Gasteiger partial charge in [-0.1, -0.05) is 17.3 Å². The van der Waals surface area contributed by atoms with Crippen LogP contribution in [0.5, 0.6) is 0 Å². The molecule has 34 heavy (non-hydrogen) atoms. The summed E-state index contributed by atoms with van der Waals surface area (Å²) in [5, 5.41) is 16.6. The lowest BCUT2D eigenvalue weighted by molar-refractivity contribution is -0.159. The first-order chi connectivity index (χ1) is 16.0. The van der Waals surface area contributed by atoms with Gasteiger partial charge in [0.05, 0.1) is 6.54 Å². The van der Waals surface area contributed by atoms with Crippen molar-refractivity contribution in [2.45, 2.75) is 18.7 Å². The third-order valence-electron chi connectivity index (χ3n) is 4.79. The molecular weight excluding hydrogens is 460 g/mol. The lowest BCUT2D eigenvalue weighted by Crippen LogP contribution is -2.38. The molecule has 8 nitrogen and oxygen atoms in total. The van der Waals surface area contributed by atoms with Gasteiger partial charge in [0, 0.05) is 16.7 Å². The van der Waals surface area contributed by atoms with Gasteiger partial charge in [-0.25, -0.2) is 9.37 Å². The van der Waals surface area contributed by atoms with E-state index in [-0.39, 0.29) is 35.1 Å². The van der Waals surface area contributed by atoms with Crippen LogP contribution in [-0.2, 0) is 11.8 Å². The van der Waals surface area contributed by atoms with Gasteiger partial charge in [0.15, 0.2) is 0 Å². The van der Waals surface area contributed by atoms with Crippen molar-refractivity contribution in [2.24, 2.45) is 0 Å². The van der Waals surface area contributed by atoms with E-state index in [1.807, 2.05) is 0 Å². The third-order valence-corrected chi connectivity index (χ3v) is 4.79. The second kappa shape index (κ2) is 8.71. The molecule has 0 spiro atoms. The maximum Gasteiger partial charge on any atom is 0.471 e. The highest BCUT2D eigenvalue weighted by atomic mass is 19.4. The van der Waals surface area contributed by atoms with E-state index in [4.69, 9.17) is 4.42 Å². The quantitative estimate of drug-likeness (QED) is 0.401. The number of oxazole rings is 1. The van der Waals surface area contributed by atoms with E-state index in [1.54, 1.807) is 0 Å². The van der Waals surface area contributed by atoms with E-state index in [0.29, 0.717) is 5.56 Å². The van der Waals surface area contributed by atoms with Gasteiger partial charge in [-0.3, -0.25) is 4.79 Å². The fourth-order valence-electron chi connectivity index (χ4n) is 2.95. The highest BCUT2D eigenvalue weighted by Gasteiger charge is 2.38. The highest BCUT2D eigenvalue weighted by Crippen LogP contribution is 2.29. The molecule has 1 amide bonds. The van der Waals surface area contributed by atoms with Crippen LogP contribution < -0.4 is 5.32 Å². The largest absolute Gasteiger partial charge is 0.471 e. The van der Waals surface area contributed by atoms with Crippen molar-refractivity contribution < 1.29 is 36.4 Å². The van der Waals surface area contributed by atoms with Crippen LogP contribution in [0.2, 0.25) is 0 Å². The van der Waals surface area contributed by atoms with Crippen molar-refractivity contribution in [3.8, 4) is 22.8 Å². The van der Waals surface area contributed by atoms with Gasteiger partial charge in [-0.2, -0.15) is 18.2 Å². The summed E-state index contributed by atoms with van der Waals surface area (Å²) in [6.07, 6.45) is -3.57. The van der Waals surface area contributed by atoms with E-state index in [9.17, 15) is 27.5 Å². The molecule has 2 aromatic carbocycles. The van der Waals surface area contributed by atoms with Gasteiger partial charge >= 0.3 is 12.1 Å². The van der Waals surface area contributed by atoms with Gasteiger partial charge in [0.2, 0.25) is 11.7 Å². The van der Waals surface area contributed by atoms with Crippen molar-refractivity contribution in [3.63, 3.8) is 0 Å². The Kier molecular flexibility index (Phi) is 5.92. The van der Waals surface area contributed by atoms with Crippen LogP contribution in [0.25, 0.3) is 22.8 Å². The number of benzene rings is 2. The molecule has 12 heteroatoms. The fraction of sp³-hybridized carbons (Fsp3) is 0.182. The molecule has 0 bridgehead atoms. The van der Waals surface area contributed by atoms with E-state index < -0.39 is 29.4 Å². The molecule has 0 fully saturated rings. The zero-order valence-corrected chi connectivity index (χ0v) is 17.4. The zero-order chi connectivity index (χ0) is 24.5. The number of alkyl halides is 3. The van der Waals surface area contributed by atoms with Gasteiger partial charge < -0.3 is 19.4 Å². The molecule has 176 valence electrons. The second-order valence-corrected chi connectivity index (χ2v) is 7.50. The minimum absolute atomic E-state index is 0.0961. The number of carbonyl (C=O) groups excluding carboxylic acids is 1. The maximum absolute atomic E-state index is 13.1. The fourth-order valence-corrected chi connectivity index (χ4v) is 2.95. The van der Waals surface area contributed by atoms with Gasteiger partial charge in [0.1, 0.15) is 23.4 Å². The van der Waals surface area contributed by atoms with Crippen LogP contribution in [0.15, 0.2) is 63.7 Å². The minimum Gasteiger partial charge on any atom is -0.444 e. The molecule has 0 saturated carbocycles. The standard InChI is InChI=1S/C22H16F4N4O4/c1-21(32,16-10-33-19(28-16)12-5-7-15(23)8-6-12)11-27-18(31)14-4-2-3-13(9-14)17-29-20(34-30-17)22(24,25)26/h2-10,32H,11H2,1H3,(H,27,31). The Morgan fingerprint density at radius 2 is 1.82 bits per heavy atom. The number of hydrogen-bond acceptors (Lipinski definition) is 7. The molecule has 4 aromatic rings. The molecule has 0 radical (unpaired) electrons. The molecular formula is C22H16F4N4O4. The maximum atomic E-state index is 13.1. The Morgan fingerprint density at radius 3 is 2.50 bits per heavy atom. The van der Waals surface area contributed by atoms with Gasteiger partial charge in [0.25, 0.3) is 5.91 Å². The smallest absolute Gasteiger partial charge is 0.444 e. The van der Waals surface area contributed by atoms with Crippen LogP contribution in [0.3, 0.4) is 0 Å². The lowest BCUT2D eigenvalue weighted by Gasteiger charge is -2.21. The normalized spacial score (nSPS) is 13.5. The SMILES string of the molecule is CC(O)(CNC(=O)c1cccc(-c2noc(C(F)(F)F)n2)c1)c1coc(-c2ccc(F)cc2)n1. The van der Waals surface area contributed by atoms with E-state index in [1.165, 1.54) is 61.7 Å². The number of aliphatic hydroxyl groups is 1. The summed E-state index contributed by atoms with van der Waals surface area (Å²) in [6, 6.07) is 11.0. The summed E-state index contributed by atoms with van der Waals surface area (Å²) in [6.45, 7) is 1.15. The topological polar surface area (TPSA) is 114 Å². The molecule has 0 aliphatic carbocycles. The number of amides is 1. The molecule has 2 aromatic heterocycles. The second-order valence-electron chi connectivity index (χ2n) is 7.50. The van der Waals surface area contributed by atoms with Gasteiger partial charge in [-0.15, -0.1) is 0 Å². The molecule has 4 rings (SSSR count). The summed E-state index contributed by atoms with van der Waals surface area (Å²) >= 11 is 0. The molecule has 1 atom stereocenters. The Balaban J connectivity index is 1.45. The summed E-state index contributed by atoms with van der Waals surface area (Å²) < 4.78 is 60.7. The predicted octanol–water partition coefficient (Wildman–Crippen LogP) is 4.19. The van der Waals surface area contributed by atoms with Crippen molar-refractivity contribution in [1.82, 2.24) is 20.4 Å². The van der Waals surface area contributed by atoms with Crippen molar-refractivity contribution >= 4 is 5.91 Å². The minimum atomic E-state index is -4.79. The van der Waals surface area contributed by atoms with Crippen molar-refractivity contribution in [1.29, 1.82) is 0 Å². The zero-order valence-electron chi connectivity index (χ0n) is 17.4. The summed E-state index contributed by atoms with van der Waals surface area (Å²) in [5.41, 5.74) is -0.755. The van der Waals surface area contributed by atoms with Crippen molar-refractivity contribution in [3.05, 3.63) is 77.8 Å². The first-order valence-corrected chi connectivity index (χ1v) is 9.77. The van der Waals surface area contributed by atoms with E-state index in [0.717, 1.165) is 0 Å². The molecule has 2 heterocycles. The number of rotatable bonds is 6. The Morgan fingerprint density at radius 1 is 1.09 bits per heavy atom. The Labute approximate surface area is 189 Å². The monoisotopic (exact) mass is 476 g/mol. The van der Waals surface area contributed by atoms with E-state index >= 15 is 0 Å². The summed E-state index contributed by atoms with van der Waals surface area (Å²) in [4.78, 5) is 20.1. The Hall–Kier alpha value is -4.06.